The summed E-state index contributed by atoms with van der Waals surface area (Å²) in [6.45, 7) is 2.11. The third kappa shape index (κ3) is 5.62. The highest BCUT2D eigenvalue weighted by atomic mass is 19.1. The number of anilines is 1. The van der Waals surface area contributed by atoms with Crippen LogP contribution in [0, 0.1) is 11.2 Å². The van der Waals surface area contributed by atoms with E-state index in [0.717, 1.165) is 48.0 Å². The monoisotopic (exact) mass is 496 g/mol. The second kappa shape index (κ2) is 10.8. The van der Waals surface area contributed by atoms with E-state index >= 15 is 0 Å². The van der Waals surface area contributed by atoms with Gasteiger partial charge in [0, 0.05) is 11.3 Å². The van der Waals surface area contributed by atoms with Crippen molar-refractivity contribution in [2.24, 2.45) is 5.73 Å². The lowest BCUT2D eigenvalue weighted by Crippen LogP contribution is -2.34. The molecule has 1 aliphatic rings. The number of fused-ring (bicyclic) bond motifs is 1. The molecule has 37 heavy (non-hydrogen) atoms. The quantitative estimate of drug-likeness (QED) is 0.241. The van der Waals surface area contributed by atoms with E-state index in [1.54, 1.807) is 17.0 Å². The van der Waals surface area contributed by atoms with Crippen LogP contribution in [0.15, 0.2) is 84.9 Å². The fourth-order valence-corrected chi connectivity index (χ4v) is 4.62. The molecule has 0 aliphatic carbocycles. The number of amidine groups is 1. The highest BCUT2D eigenvalue weighted by Gasteiger charge is 2.22. The van der Waals surface area contributed by atoms with Crippen molar-refractivity contribution in [1.29, 1.82) is 5.41 Å². The minimum atomic E-state index is -0.562. The third-order valence-electron chi connectivity index (χ3n) is 6.64. The largest absolute Gasteiger partial charge is 0.490 e. The van der Waals surface area contributed by atoms with Crippen molar-refractivity contribution in [2.75, 3.05) is 18.0 Å². The molecule has 4 aromatic rings. The maximum atomic E-state index is 14.6. The number of carbonyl (C=O) groups excluding carboxylic acids is 1. The minimum absolute atomic E-state index is 0.00421. The summed E-state index contributed by atoms with van der Waals surface area (Å²) in [6, 6.07) is 24.9. The average molecular weight is 497 g/mol. The Bertz CT molecular complexity index is 1430. The van der Waals surface area contributed by atoms with Gasteiger partial charge in [-0.2, -0.15) is 0 Å². The zero-order valence-corrected chi connectivity index (χ0v) is 20.4. The van der Waals surface area contributed by atoms with Gasteiger partial charge < -0.3 is 20.7 Å². The van der Waals surface area contributed by atoms with Crippen LogP contribution >= 0.6 is 0 Å². The van der Waals surface area contributed by atoms with Crippen molar-refractivity contribution < 1.29 is 13.9 Å². The van der Waals surface area contributed by atoms with Crippen molar-refractivity contribution in [1.82, 2.24) is 5.32 Å². The van der Waals surface area contributed by atoms with E-state index in [1.165, 1.54) is 12.1 Å². The molecule has 1 fully saturated rings. The first-order chi connectivity index (χ1) is 18.0. The highest BCUT2D eigenvalue weighted by Crippen LogP contribution is 2.27. The number of amides is 1. The number of piperidine rings is 1. The molecule has 1 saturated heterocycles. The fourth-order valence-electron chi connectivity index (χ4n) is 4.62. The normalized spacial score (nSPS) is 13.9. The van der Waals surface area contributed by atoms with Crippen molar-refractivity contribution in [3.8, 4) is 5.75 Å². The zero-order chi connectivity index (χ0) is 25.8. The highest BCUT2D eigenvalue weighted by molar-refractivity contribution is 6.06. The van der Waals surface area contributed by atoms with E-state index in [9.17, 15) is 9.18 Å². The number of hydrogen-bond donors (Lipinski definition) is 3. The summed E-state index contributed by atoms with van der Waals surface area (Å²) in [5.41, 5.74) is 7.83. The topological polar surface area (TPSA) is 91.4 Å². The number of nitrogen functional groups attached to an aromatic ring is 1. The number of benzene rings is 4. The Balaban J connectivity index is 1.46. The first kappa shape index (κ1) is 24.5. The molecule has 1 heterocycles. The van der Waals surface area contributed by atoms with Crippen LogP contribution in [0.25, 0.3) is 10.8 Å². The number of nitrogens with one attached hydrogen (secondary N) is 2. The number of hydrogen-bond acceptors (Lipinski definition) is 4. The van der Waals surface area contributed by atoms with E-state index in [-0.39, 0.29) is 24.0 Å². The first-order valence-corrected chi connectivity index (χ1v) is 12.4. The molecular weight excluding hydrogens is 467 g/mol. The van der Waals surface area contributed by atoms with E-state index in [2.05, 4.69) is 5.32 Å². The summed E-state index contributed by atoms with van der Waals surface area (Å²) in [4.78, 5) is 15.2. The molecule has 7 heteroatoms. The standard InChI is InChI=1S/C30H29FN4O2/c31-28-4-2-1-3-27(28)30(36)35(24-9-11-25(12-10-24)37-26-13-15-34-16-14-26)19-20-5-6-21-7-8-22(29(32)33)18-23(21)17-20/h1-12,17-18,26,34H,13-16,19H2,(H3,32,33). The van der Waals surface area contributed by atoms with Crippen LogP contribution in [0.5, 0.6) is 5.75 Å². The van der Waals surface area contributed by atoms with Gasteiger partial charge in [0.05, 0.1) is 12.1 Å². The molecule has 0 spiro atoms. The summed E-state index contributed by atoms with van der Waals surface area (Å²) in [6.07, 6.45) is 2.07. The summed E-state index contributed by atoms with van der Waals surface area (Å²) in [5.74, 6) is -0.248. The van der Waals surface area contributed by atoms with Crippen LogP contribution in [-0.2, 0) is 6.54 Å². The first-order valence-electron chi connectivity index (χ1n) is 12.4. The Labute approximate surface area is 215 Å². The Hall–Kier alpha value is -4.23. The van der Waals surface area contributed by atoms with Crippen LogP contribution < -0.4 is 20.7 Å². The fraction of sp³-hybridized carbons (Fsp3) is 0.200. The van der Waals surface area contributed by atoms with Gasteiger partial charge in [-0.15, -0.1) is 0 Å². The molecule has 4 aromatic carbocycles. The van der Waals surface area contributed by atoms with Crippen molar-refractivity contribution in [2.45, 2.75) is 25.5 Å². The predicted octanol–water partition coefficient (Wildman–Crippen LogP) is 5.24. The lowest BCUT2D eigenvalue weighted by molar-refractivity contribution is 0.0981. The molecule has 1 aliphatic heterocycles. The summed E-state index contributed by atoms with van der Waals surface area (Å²) in [5, 5.41) is 13.0. The molecule has 0 radical (unpaired) electrons. The number of rotatable bonds is 7. The van der Waals surface area contributed by atoms with Gasteiger partial charge in [-0.3, -0.25) is 10.2 Å². The summed E-state index contributed by atoms with van der Waals surface area (Å²) >= 11 is 0. The van der Waals surface area contributed by atoms with Crippen LogP contribution in [0.1, 0.15) is 34.3 Å². The van der Waals surface area contributed by atoms with Gasteiger partial charge in [0.25, 0.3) is 5.91 Å². The molecule has 188 valence electrons. The molecule has 5 rings (SSSR count). The molecular formula is C30H29FN4O2. The molecule has 0 atom stereocenters. The zero-order valence-electron chi connectivity index (χ0n) is 20.4. The van der Waals surface area contributed by atoms with E-state index in [1.807, 2.05) is 60.7 Å². The number of nitrogens with zero attached hydrogens (tertiary/aromatic N) is 1. The molecule has 0 bridgehead atoms. The van der Waals surface area contributed by atoms with Crippen molar-refractivity contribution >= 4 is 28.2 Å². The smallest absolute Gasteiger partial charge is 0.261 e. The SMILES string of the molecule is N=C(N)c1ccc2ccc(CN(C(=O)c3ccccc3F)c3ccc(OC4CCNCC4)cc3)cc2c1. The number of halogens is 1. The molecule has 1 amide bonds. The van der Waals surface area contributed by atoms with Crippen LogP contribution in [0.2, 0.25) is 0 Å². The van der Waals surface area contributed by atoms with Gasteiger partial charge in [0.2, 0.25) is 0 Å². The van der Waals surface area contributed by atoms with Crippen LogP contribution in [0.3, 0.4) is 0 Å². The molecule has 4 N–H and O–H groups in total. The number of carbonyl (C=O) groups is 1. The van der Waals surface area contributed by atoms with E-state index < -0.39 is 11.7 Å². The van der Waals surface area contributed by atoms with Crippen molar-refractivity contribution in [3.05, 3.63) is 107 Å². The Morgan fingerprint density at radius 1 is 0.973 bits per heavy atom. The minimum Gasteiger partial charge on any atom is -0.490 e. The predicted molar refractivity (Wildman–Crippen MR) is 145 cm³/mol. The van der Waals surface area contributed by atoms with Gasteiger partial charge in [-0.05, 0) is 90.8 Å². The van der Waals surface area contributed by atoms with Gasteiger partial charge in [0.15, 0.2) is 0 Å². The molecule has 6 nitrogen and oxygen atoms in total. The van der Waals surface area contributed by atoms with Gasteiger partial charge >= 0.3 is 0 Å². The Morgan fingerprint density at radius 2 is 1.70 bits per heavy atom. The second-order valence-corrected chi connectivity index (χ2v) is 9.24. The van der Waals surface area contributed by atoms with Gasteiger partial charge in [-0.1, -0.05) is 36.4 Å². The summed E-state index contributed by atoms with van der Waals surface area (Å²) in [7, 11) is 0. The number of ether oxygens (including phenoxy) is 1. The average Bonchev–Trinajstić information content (AvgIpc) is 2.92. The summed E-state index contributed by atoms with van der Waals surface area (Å²) < 4.78 is 20.7. The Morgan fingerprint density at radius 3 is 2.43 bits per heavy atom. The number of nitrogens with two attached hydrogens (primary N) is 1. The third-order valence-corrected chi connectivity index (χ3v) is 6.64. The molecule has 0 unspecified atom stereocenters. The maximum absolute atomic E-state index is 14.6. The second-order valence-electron chi connectivity index (χ2n) is 9.24. The van der Waals surface area contributed by atoms with Crippen LogP contribution in [-0.4, -0.2) is 30.9 Å². The van der Waals surface area contributed by atoms with Gasteiger partial charge in [0.1, 0.15) is 23.5 Å². The van der Waals surface area contributed by atoms with Crippen molar-refractivity contribution in [3.63, 3.8) is 0 Å². The molecule has 0 saturated carbocycles. The molecule has 0 aromatic heterocycles. The maximum Gasteiger partial charge on any atom is 0.261 e. The lowest BCUT2D eigenvalue weighted by atomic mass is 10.0. The Kier molecular flexibility index (Phi) is 7.14. The van der Waals surface area contributed by atoms with Gasteiger partial charge in [-0.25, -0.2) is 4.39 Å². The lowest BCUT2D eigenvalue weighted by Gasteiger charge is -2.26. The van der Waals surface area contributed by atoms with E-state index in [4.69, 9.17) is 15.9 Å². The van der Waals surface area contributed by atoms with Crippen LogP contribution in [0.4, 0.5) is 10.1 Å². The van der Waals surface area contributed by atoms with E-state index in [0.29, 0.717) is 11.3 Å².